The second-order valence-electron chi connectivity index (χ2n) is 5.33. The molecule has 1 saturated heterocycles. The van der Waals surface area contributed by atoms with Gasteiger partial charge in [-0.3, -0.25) is 4.90 Å². The lowest BCUT2D eigenvalue weighted by Gasteiger charge is -2.36. The predicted octanol–water partition coefficient (Wildman–Crippen LogP) is 1.05. The Bertz CT molecular complexity index is 378. The Balaban J connectivity index is 2.02. The third kappa shape index (κ3) is 3.10. The molecule has 0 amide bonds. The van der Waals surface area contributed by atoms with Gasteiger partial charge in [0.25, 0.3) is 0 Å². The summed E-state index contributed by atoms with van der Waals surface area (Å²) in [5, 5.41) is 9.23. The van der Waals surface area contributed by atoms with Crippen LogP contribution in [0.2, 0.25) is 0 Å². The Morgan fingerprint density at radius 3 is 2.94 bits per heavy atom. The molecule has 5 heteroatoms. The predicted molar refractivity (Wildman–Crippen MR) is 69.3 cm³/mol. The zero-order valence-electron chi connectivity index (χ0n) is 11.4. The standard InChI is InChI=1S/C13H23N3O2/c1-10(2)16-9-14-4-12(16)6-15-5-11(3)18-13(7-15)8-17/h4,9-11,13,17H,5-8H2,1-3H3. The fraction of sp³-hybridized carbons (Fsp3) is 0.769. The molecule has 0 aromatic carbocycles. The minimum atomic E-state index is -0.0656. The molecule has 1 aromatic heterocycles. The number of rotatable bonds is 4. The maximum atomic E-state index is 9.23. The van der Waals surface area contributed by atoms with Crippen LogP contribution in [0.25, 0.3) is 0 Å². The molecule has 2 rings (SSSR count). The summed E-state index contributed by atoms with van der Waals surface area (Å²) in [7, 11) is 0. The fourth-order valence-electron chi connectivity index (χ4n) is 2.52. The topological polar surface area (TPSA) is 50.5 Å². The van der Waals surface area contributed by atoms with Crippen LogP contribution in [0.1, 0.15) is 32.5 Å². The lowest BCUT2D eigenvalue weighted by molar-refractivity contribution is -0.0976. The van der Waals surface area contributed by atoms with Crippen molar-refractivity contribution in [3.05, 3.63) is 18.2 Å². The van der Waals surface area contributed by atoms with Gasteiger partial charge in [0.15, 0.2) is 0 Å². The number of aliphatic hydroxyl groups is 1. The van der Waals surface area contributed by atoms with Crippen LogP contribution in [-0.4, -0.2) is 51.5 Å². The first-order valence-electron chi connectivity index (χ1n) is 6.59. The van der Waals surface area contributed by atoms with Gasteiger partial charge in [-0.25, -0.2) is 4.98 Å². The van der Waals surface area contributed by atoms with Gasteiger partial charge in [-0.1, -0.05) is 0 Å². The monoisotopic (exact) mass is 253 g/mol. The van der Waals surface area contributed by atoms with Crippen molar-refractivity contribution in [1.29, 1.82) is 0 Å². The SMILES string of the molecule is CC1CN(Cc2cncn2C(C)C)CC(CO)O1. The van der Waals surface area contributed by atoms with E-state index in [2.05, 4.69) is 35.2 Å². The van der Waals surface area contributed by atoms with Crippen LogP contribution in [0.15, 0.2) is 12.5 Å². The van der Waals surface area contributed by atoms with Crippen molar-refractivity contribution >= 4 is 0 Å². The highest BCUT2D eigenvalue weighted by atomic mass is 16.5. The van der Waals surface area contributed by atoms with Crippen LogP contribution in [0, 0.1) is 0 Å². The maximum Gasteiger partial charge on any atom is 0.0951 e. The second kappa shape index (κ2) is 5.82. The van der Waals surface area contributed by atoms with E-state index in [1.54, 1.807) is 0 Å². The van der Waals surface area contributed by atoms with Gasteiger partial charge in [0.1, 0.15) is 0 Å². The molecule has 2 unspecified atom stereocenters. The van der Waals surface area contributed by atoms with Crippen molar-refractivity contribution in [2.75, 3.05) is 19.7 Å². The number of ether oxygens (including phenoxy) is 1. The van der Waals surface area contributed by atoms with Crippen LogP contribution >= 0.6 is 0 Å². The van der Waals surface area contributed by atoms with E-state index in [1.807, 2.05) is 12.5 Å². The number of nitrogens with zero attached hydrogens (tertiary/aromatic N) is 3. The largest absolute Gasteiger partial charge is 0.394 e. The minimum absolute atomic E-state index is 0.0656. The summed E-state index contributed by atoms with van der Waals surface area (Å²) in [6.07, 6.45) is 3.91. The summed E-state index contributed by atoms with van der Waals surface area (Å²) in [5.74, 6) is 0. The van der Waals surface area contributed by atoms with E-state index in [-0.39, 0.29) is 18.8 Å². The summed E-state index contributed by atoms with van der Waals surface area (Å²) in [6, 6.07) is 0.426. The molecule has 102 valence electrons. The van der Waals surface area contributed by atoms with Gasteiger partial charge in [-0.2, -0.15) is 0 Å². The highest BCUT2D eigenvalue weighted by Gasteiger charge is 2.25. The highest BCUT2D eigenvalue weighted by Crippen LogP contribution is 2.16. The molecule has 0 bridgehead atoms. The summed E-state index contributed by atoms with van der Waals surface area (Å²) in [4.78, 5) is 6.55. The number of imidazole rings is 1. The first-order chi connectivity index (χ1) is 8.60. The van der Waals surface area contributed by atoms with Crippen molar-refractivity contribution in [2.24, 2.45) is 0 Å². The average Bonchev–Trinajstić information content (AvgIpc) is 2.76. The minimum Gasteiger partial charge on any atom is -0.394 e. The van der Waals surface area contributed by atoms with Gasteiger partial charge in [-0.15, -0.1) is 0 Å². The summed E-state index contributed by atoms with van der Waals surface area (Å²) < 4.78 is 7.84. The highest BCUT2D eigenvalue weighted by molar-refractivity contribution is 5.00. The van der Waals surface area contributed by atoms with Crippen LogP contribution in [0.5, 0.6) is 0 Å². The molecular weight excluding hydrogens is 230 g/mol. The van der Waals surface area contributed by atoms with Crippen molar-refractivity contribution in [3.63, 3.8) is 0 Å². The van der Waals surface area contributed by atoms with E-state index >= 15 is 0 Å². The van der Waals surface area contributed by atoms with Crippen molar-refractivity contribution in [2.45, 2.75) is 45.6 Å². The number of aromatic nitrogens is 2. The first-order valence-corrected chi connectivity index (χ1v) is 6.59. The normalized spacial score (nSPS) is 25.8. The Labute approximate surface area is 108 Å². The fourth-order valence-corrected chi connectivity index (χ4v) is 2.52. The van der Waals surface area contributed by atoms with E-state index in [1.165, 1.54) is 5.69 Å². The molecule has 1 aromatic rings. The zero-order chi connectivity index (χ0) is 13.1. The van der Waals surface area contributed by atoms with E-state index in [9.17, 15) is 5.11 Å². The van der Waals surface area contributed by atoms with Crippen molar-refractivity contribution in [3.8, 4) is 0 Å². The molecule has 1 N–H and O–H groups in total. The number of hydrogen-bond acceptors (Lipinski definition) is 4. The molecule has 1 fully saturated rings. The summed E-state index contributed by atoms with van der Waals surface area (Å²) in [5.41, 5.74) is 1.22. The van der Waals surface area contributed by atoms with Gasteiger partial charge in [0, 0.05) is 31.9 Å². The van der Waals surface area contributed by atoms with Crippen molar-refractivity contribution in [1.82, 2.24) is 14.5 Å². The molecule has 0 spiro atoms. The maximum absolute atomic E-state index is 9.23. The Morgan fingerprint density at radius 1 is 1.50 bits per heavy atom. The van der Waals surface area contributed by atoms with E-state index in [4.69, 9.17) is 4.74 Å². The molecule has 5 nitrogen and oxygen atoms in total. The zero-order valence-corrected chi connectivity index (χ0v) is 11.4. The van der Waals surface area contributed by atoms with E-state index < -0.39 is 0 Å². The van der Waals surface area contributed by atoms with Crippen LogP contribution in [0.3, 0.4) is 0 Å². The smallest absolute Gasteiger partial charge is 0.0951 e. The van der Waals surface area contributed by atoms with Crippen molar-refractivity contribution < 1.29 is 9.84 Å². The number of morpholine rings is 1. The molecule has 0 saturated carbocycles. The Hall–Kier alpha value is -0.910. The third-order valence-corrected chi connectivity index (χ3v) is 3.29. The van der Waals surface area contributed by atoms with Gasteiger partial charge in [0.05, 0.1) is 30.8 Å². The van der Waals surface area contributed by atoms with Crippen LogP contribution in [-0.2, 0) is 11.3 Å². The average molecular weight is 253 g/mol. The first kappa shape index (κ1) is 13.5. The lowest BCUT2D eigenvalue weighted by atomic mass is 10.2. The van der Waals surface area contributed by atoms with E-state index in [0.29, 0.717) is 6.04 Å². The molecule has 1 aliphatic rings. The number of aliphatic hydroxyl groups excluding tert-OH is 1. The molecule has 18 heavy (non-hydrogen) atoms. The van der Waals surface area contributed by atoms with Gasteiger partial charge < -0.3 is 14.4 Å². The van der Waals surface area contributed by atoms with Crippen LogP contribution < -0.4 is 0 Å². The van der Waals surface area contributed by atoms with E-state index in [0.717, 1.165) is 19.6 Å². The molecule has 0 radical (unpaired) electrons. The summed E-state index contributed by atoms with van der Waals surface area (Å²) >= 11 is 0. The lowest BCUT2D eigenvalue weighted by Crippen LogP contribution is -2.47. The Morgan fingerprint density at radius 2 is 2.28 bits per heavy atom. The molecule has 2 atom stereocenters. The second-order valence-corrected chi connectivity index (χ2v) is 5.33. The molecule has 2 heterocycles. The van der Waals surface area contributed by atoms with Crippen LogP contribution in [0.4, 0.5) is 0 Å². The van der Waals surface area contributed by atoms with Gasteiger partial charge in [-0.05, 0) is 20.8 Å². The summed E-state index contributed by atoms with van der Waals surface area (Å²) in [6.45, 7) is 9.00. The molecular formula is C13H23N3O2. The number of hydrogen-bond donors (Lipinski definition) is 1. The molecule has 0 aliphatic carbocycles. The van der Waals surface area contributed by atoms with Gasteiger partial charge in [0.2, 0.25) is 0 Å². The van der Waals surface area contributed by atoms with Gasteiger partial charge >= 0.3 is 0 Å². The Kier molecular flexibility index (Phi) is 4.37. The third-order valence-electron chi connectivity index (χ3n) is 3.29. The molecule has 1 aliphatic heterocycles. The quantitative estimate of drug-likeness (QED) is 0.871.